The molecule has 1 aromatic heterocycles. The number of thiazole rings is 1. The lowest BCUT2D eigenvalue weighted by Gasteiger charge is -2.20. The van der Waals surface area contributed by atoms with Crippen molar-refractivity contribution < 1.29 is 5.11 Å². The van der Waals surface area contributed by atoms with E-state index in [1.807, 2.05) is 6.20 Å². The van der Waals surface area contributed by atoms with Crippen molar-refractivity contribution in [2.45, 2.75) is 47.1 Å². The van der Waals surface area contributed by atoms with Crippen molar-refractivity contribution in [3.63, 3.8) is 0 Å². The zero-order valence-corrected chi connectivity index (χ0v) is 17.8. The van der Waals surface area contributed by atoms with Crippen LogP contribution in [0.5, 0.6) is 0 Å². The number of aromatic nitrogens is 1. The molecular formula is C16H31IN4OS. The molecule has 134 valence electrons. The summed E-state index contributed by atoms with van der Waals surface area (Å²) >= 11 is 1.68. The Morgan fingerprint density at radius 2 is 2.13 bits per heavy atom. The minimum atomic E-state index is 0. The fourth-order valence-corrected chi connectivity index (χ4v) is 3.07. The summed E-state index contributed by atoms with van der Waals surface area (Å²) in [5.41, 5.74) is 0. The first kappa shape index (κ1) is 22.6. The molecular weight excluding hydrogens is 423 g/mol. The predicted molar refractivity (Wildman–Crippen MR) is 110 cm³/mol. The number of aryl methyl sites for hydroxylation is 1. The summed E-state index contributed by atoms with van der Waals surface area (Å²) in [4.78, 5) is 10.1. The van der Waals surface area contributed by atoms with Crippen LogP contribution in [0.1, 0.15) is 43.5 Å². The molecule has 1 aromatic rings. The molecule has 0 radical (unpaired) electrons. The molecule has 0 aliphatic heterocycles. The Bertz CT molecular complexity index is 451. The van der Waals surface area contributed by atoms with Gasteiger partial charge in [0.2, 0.25) is 0 Å². The first-order chi connectivity index (χ1) is 10.5. The van der Waals surface area contributed by atoms with E-state index in [1.165, 1.54) is 4.88 Å². The maximum atomic E-state index is 9.19. The minimum absolute atomic E-state index is 0. The molecule has 0 saturated carbocycles. The highest BCUT2D eigenvalue weighted by Gasteiger charge is 2.11. The van der Waals surface area contributed by atoms with E-state index in [-0.39, 0.29) is 30.6 Å². The van der Waals surface area contributed by atoms with Crippen molar-refractivity contribution in [1.82, 2.24) is 15.6 Å². The lowest BCUT2D eigenvalue weighted by atomic mass is 9.94. The van der Waals surface area contributed by atoms with Gasteiger partial charge in [0.1, 0.15) is 5.01 Å². The van der Waals surface area contributed by atoms with Crippen LogP contribution < -0.4 is 10.6 Å². The third kappa shape index (κ3) is 10.1. The molecule has 0 amide bonds. The van der Waals surface area contributed by atoms with Gasteiger partial charge in [0, 0.05) is 30.8 Å². The molecule has 1 unspecified atom stereocenters. The highest BCUT2D eigenvalue weighted by atomic mass is 127. The highest BCUT2D eigenvalue weighted by Crippen LogP contribution is 2.14. The second-order valence-corrected chi connectivity index (χ2v) is 7.27. The molecule has 0 fully saturated rings. The average Bonchev–Trinajstić information content (AvgIpc) is 2.87. The molecule has 7 heteroatoms. The zero-order valence-electron chi connectivity index (χ0n) is 14.6. The quantitative estimate of drug-likeness (QED) is 0.305. The van der Waals surface area contributed by atoms with E-state index >= 15 is 0 Å². The Balaban J connectivity index is 0.00000484. The summed E-state index contributed by atoms with van der Waals surface area (Å²) in [7, 11) is 0. The zero-order chi connectivity index (χ0) is 16.4. The Kier molecular flexibility index (Phi) is 12.7. The topological polar surface area (TPSA) is 69.5 Å². The summed E-state index contributed by atoms with van der Waals surface area (Å²) in [6, 6.07) is 0. The Hall–Kier alpha value is -0.410. The molecule has 1 atom stereocenters. The van der Waals surface area contributed by atoms with E-state index in [0.29, 0.717) is 18.4 Å². The Morgan fingerprint density at radius 3 is 2.65 bits per heavy atom. The number of rotatable bonds is 9. The first-order valence-corrected chi connectivity index (χ1v) is 8.91. The van der Waals surface area contributed by atoms with E-state index in [2.05, 4.69) is 48.3 Å². The van der Waals surface area contributed by atoms with Crippen molar-refractivity contribution in [3.05, 3.63) is 16.1 Å². The number of nitrogens with one attached hydrogen (secondary N) is 2. The molecule has 0 aromatic carbocycles. The van der Waals surface area contributed by atoms with Crippen molar-refractivity contribution in [1.29, 1.82) is 0 Å². The van der Waals surface area contributed by atoms with E-state index in [1.54, 1.807) is 11.3 Å². The average molecular weight is 454 g/mol. The number of aliphatic hydroxyl groups excluding tert-OH is 1. The molecule has 0 bridgehead atoms. The van der Waals surface area contributed by atoms with Crippen molar-refractivity contribution in [2.75, 3.05) is 19.7 Å². The third-order valence-electron chi connectivity index (χ3n) is 3.29. The van der Waals surface area contributed by atoms with Gasteiger partial charge in [0.25, 0.3) is 0 Å². The van der Waals surface area contributed by atoms with Gasteiger partial charge in [-0.1, -0.05) is 13.8 Å². The summed E-state index contributed by atoms with van der Waals surface area (Å²) in [5.74, 6) is 1.93. The van der Waals surface area contributed by atoms with Crippen molar-refractivity contribution in [3.8, 4) is 0 Å². The van der Waals surface area contributed by atoms with Crippen molar-refractivity contribution >= 4 is 41.3 Å². The van der Waals surface area contributed by atoms with Crippen LogP contribution >= 0.6 is 35.3 Å². The van der Waals surface area contributed by atoms with Gasteiger partial charge in [0.05, 0.1) is 6.54 Å². The Morgan fingerprint density at radius 1 is 1.39 bits per heavy atom. The van der Waals surface area contributed by atoms with Crippen LogP contribution in [0, 0.1) is 18.8 Å². The number of aliphatic hydroxyl groups is 1. The normalized spacial score (nSPS) is 12.9. The lowest BCUT2D eigenvalue weighted by Crippen LogP contribution is -2.40. The van der Waals surface area contributed by atoms with Crippen LogP contribution in [0.15, 0.2) is 11.2 Å². The molecule has 0 aliphatic carbocycles. The Labute approximate surface area is 161 Å². The fraction of sp³-hybridized carbons (Fsp3) is 0.750. The van der Waals surface area contributed by atoms with E-state index in [9.17, 15) is 5.11 Å². The molecule has 5 nitrogen and oxygen atoms in total. The standard InChI is InChI=1S/C16H30N4OS.HI/c1-5-17-16(20-11-15-18-9-13(4)22-15)19-10-14(6-7-21)8-12(2)3;/h9,12,14,21H,5-8,10-11H2,1-4H3,(H2,17,19,20);1H. The van der Waals surface area contributed by atoms with E-state index in [0.717, 1.165) is 36.9 Å². The molecule has 1 heterocycles. The van der Waals surface area contributed by atoms with E-state index in [4.69, 9.17) is 0 Å². The second kappa shape index (κ2) is 12.9. The van der Waals surface area contributed by atoms with Gasteiger partial charge in [-0.2, -0.15) is 0 Å². The van der Waals surface area contributed by atoms with Crippen LogP contribution in [-0.4, -0.2) is 35.7 Å². The highest BCUT2D eigenvalue weighted by molar-refractivity contribution is 14.0. The second-order valence-electron chi connectivity index (χ2n) is 5.95. The molecule has 23 heavy (non-hydrogen) atoms. The fourth-order valence-electron chi connectivity index (χ4n) is 2.36. The molecule has 0 spiro atoms. The van der Waals surface area contributed by atoms with Crippen LogP contribution in [0.2, 0.25) is 0 Å². The number of halogens is 1. The van der Waals surface area contributed by atoms with Crippen LogP contribution in [0.25, 0.3) is 0 Å². The molecule has 0 aliphatic rings. The number of hydrogen-bond donors (Lipinski definition) is 3. The third-order valence-corrected chi connectivity index (χ3v) is 4.18. The van der Waals surface area contributed by atoms with Crippen LogP contribution in [0.3, 0.4) is 0 Å². The molecule has 0 saturated heterocycles. The van der Waals surface area contributed by atoms with Gasteiger partial charge < -0.3 is 15.7 Å². The summed E-state index contributed by atoms with van der Waals surface area (Å²) in [6.07, 6.45) is 3.82. The number of aliphatic imine (C=N–C) groups is 1. The number of nitrogens with zero attached hydrogens (tertiary/aromatic N) is 2. The SMILES string of the molecule is CCNC(=NCc1ncc(C)s1)NCC(CCO)CC(C)C.I. The van der Waals surface area contributed by atoms with Gasteiger partial charge in [-0.15, -0.1) is 35.3 Å². The minimum Gasteiger partial charge on any atom is -0.396 e. The largest absolute Gasteiger partial charge is 0.396 e. The maximum absolute atomic E-state index is 9.19. The lowest BCUT2D eigenvalue weighted by molar-refractivity contribution is 0.243. The van der Waals surface area contributed by atoms with Crippen LogP contribution in [-0.2, 0) is 6.54 Å². The summed E-state index contributed by atoms with van der Waals surface area (Å²) in [6.45, 7) is 11.1. The van der Waals surface area contributed by atoms with Crippen molar-refractivity contribution in [2.24, 2.45) is 16.8 Å². The maximum Gasteiger partial charge on any atom is 0.191 e. The molecule has 1 rings (SSSR count). The molecule has 3 N–H and O–H groups in total. The predicted octanol–water partition coefficient (Wildman–Crippen LogP) is 3.17. The summed E-state index contributed by atoms with van der Waals surface area (Å²) < 4.78 is 0. The van der Waals surface area contributed by atoms with Gasteiger partial charge in [-0.05, 0) is 38.5 Å². The van der Waals surface area contributed by atoms with E-state index < -0.39 is 0 Å². The summed E-state index contributed by atoms with van der Waals surface area (Å²) in [5, 5.41) is 16.9. The number of hydrogen-bond acceptors (Lipinski definition) is 4. The van der Waals surface area contributed by atoms with Gasteiger partial charge in [-0.3, -0.25) is 0 Å². The monoisotopic (exact) mass is 454 g/mol. The smallest absolute Gasteiger partial charge is 0.191 e. The number of guanidine groups is 1. The first-order valence-electron chi connectivity index (χ1n) is 8.09. The van der Waals surface area contributed by atoms with Gasteiger partial charge >= 0.3 is 0 Å². The van der Waals surface area contributed by atoms with Gasteiger partial charge in [0.15, 0.2) is 5.96 Å². The van der Waals surface area contributed by atoms with Crippen LogP contribution in [0.4, 0.5) is 0 Å². The van der Waals surface area contributed by atoms with Gasteiger partial charge in [-0.25, -0.2) is 9.98 Å².